The van der Waals surface area contributed by atoms with Gasteiger partial charge in [-0.25, -0.2) is 19.3 Å². The van der Waals surface area contributed by atoms with Crippen LogP contribution in [0.1, 0.15) is 5.01 Å². The van der Waals surface area contributed by atoms with Crippen molar-refractivity contribution in [3.05, 3.63) is 50.8 Å². The molecule has 106 valence electrons. The summed E-state index contributed by atoms with van der Waals surface area (Å²) in [6.07, 6.45) is 0. The predicted octanol–water partition coefficient (Wildman–Crippen LogP) is 5.02. The van der Waals surface area contributed by atoms with Crippen LogP contribution < -0.4 is 0 Å². The Morgan fingerprint density at radius 2 is 1.81 bits per heavy atom. The van der Waals surface area contributed by atoms with Crippen LogP contribution >= 0.6 is 34.5 Å². The van der Waals surface area contributed by atoms with Crippen molar-refractivity contribution < 1.29 is 4.39 Å². The molecule has 0 fully saturated rings. The second-order valence-corrected chi connectivity index (χ2v) is 6.04. The Labute approximate surface area is 134 Å². The van der Waals surface area contributed by atoms with Crippen LogP contribution in [0.15, 0.2) is 29.6 Å². The van der Waals surface area contributed by atoms with Crippen molar-refractivity contribution in [3.63, 3.8) is 0 Å². The lowest BCUT2D eigenvalue weighted by molar-refractivity contribution is 0.628. The fraction of sp³-hybridized carbons (Fsp3) is 0.0714. The minimum atomic E-state index is -0.376. The van der Waals surface area contributed by atoms with Crippen LogP contribution in [0.4, 0.5) is 4.39 Å². The van der Waals surface area contributed by atoms with E-state index >= 15 is 0 Å². The molecule has 21 heavy (non-hydrogen) atoms. The zero-order chi connectivity index (χ0) is 15.0. The maximum absolute atomic E-state index is 13.3. The van der Waals surface area contributed by atoms with E-state index in [2.05, 4.69) is 15.0 Å². The highest BCUT2D eigenvalue weighted by Gasteiger charge is 2.16. The first-order valence-electron chi connectivity index (χ1n) is 5.96. The number of hydrogen-bond donors (Lipinski definition) is 0. The molecule has 0 saturated carbocycles. The highest BCUT2D eigenvalue weighted by atomic mass is 35.5. The van der Waals surface area contributed by atoms with Gasteiger partial charge in [0.15, 0.2) is 5.82 Å². The lowest BCUT2D eigenvalue weighted by Gasteiger charge is -2.07. The van der Waals surface area contributed by atoms with E-state index in [0.717, 1.165) is 5.01 Å². The number of nitrogens with zero attached hydrogens (tertiary/aromatic N) is 3. The van der Waals surface area contributed by atoms with Gasteiger partial charge in [0.25, 0.3) is 0 Å². The van der Waals surface area contributed by atoms with E-state index in [1.165, 1.54) is 23.5 Å². The number of thiazole rings is 1. The molecule has 3 rings (SSSR count). The molecule has 0 atom stereocenters. The lowest BCUT2D eigenvalue weighted by atomic mass is 10.1. The summed E-state index contributed by atoms with van der Waals surface area (Å²) in [5.41, 5.74) is 1.56. The Kier molecular flexibility index (Phi) is 3.89. The van der Waals surface area contributed by atoms with Gasteiger partial charge in [-0.1, -0.05) is 35.3 Å². The van der Waals surface area contributed by atoms with E-state index in [1.54, 1.807) is 12.1 Å². The molecule has 7 heteroatoms. The predicted molar refractivity (Wildman–Crippen MR) is 83.3 cm³/mol. The molecule has 1 aromatic carbocycles. The third-order valence-corrected chi connectivity index (χ3v) is 4.10. The standard InChI is InChI=1S/C14H8Cl2FN3S/c1-7-18-10(6-21-7)14-19-12(15)11(13(16)20-14)8-3-2-4-9(17)5-8/h2-6H,1H3. The number of rotatable bonds is 2. The SMILES string of the molecule is Cc1nc(-c2nc(Cl)c(-c3cccc(F)c3)c(Cl)n2)cs1. The Bertz CT molecular complexity index is 796. The van der Waals surface area contributed by atoms with Crippen LogP contribution in [-0.2, 0) is 0 Å². The highest BCUT2D eigenvalue weighted by Crippen LogP contribution is 2.34. The average Bonchev–Trinajstić information content (AvgIpc) is 2.85. The molecular formula is C14H8Cl2FN3S. The van der Waals surface area contributed by atoms with Crippen molar-refractivity contribution in [2.45, 2.75) is 6.92 Å². The van der Waals surface area contributed by atoms with E-state index in [0.29, 0.717) is 22.6 Å². The zero-order valence-electron chi connectivity index (χ0n) is 10.8. The molecule has 0 aliphatic heterocycles. The minimum absolute atomic E-state index is 0.168. The van der Waals surface area contributed by atoms with Gasteiger partial charge in [0.05, 0.1) is 10.6 Å². The van der Waals surface area contributed by atoms with Crippen LogP contribution in [-0.4, -0.2) is 15.0 Å². The molecule has 0 saturated heterocycles. The first-order valence-corrected chi connectivity index (χ1v) is 7.59. The molecule has 3 nitrogen and oxygen atoms in total. The van der Waals surface area contributed by atoms with E-state index in [9.17, 15) is 4.39 Å². The summed E-state index contributed by atoms with van der Waals surface area (Å²) in [6.45, 7) is 1.89. The molecule has 0 spiro atoms. The summed E-state index contributed by atoms with van der Waals surface area (Å²) in [5, 5.41) is 3.07. The molecule has 0 bridgehead atoms. The zero-order valence-corrected chi connectivity index (χ0v) is 13.1. The van der Waals surface area contributed by atoms with Gasteiger partial charge in [-0.3, -0.25) is 0 Å². The van der Waals surface area contributed by atoms with Crippen molar-refractivity contribution in [3.8, 4) is 22.6 Å². The Morgan fingerprint density at radius 1 is 1.10 bits per heavy atom. The van der Waals surface area contributed by atoms with Crippen molar-refractivity contribution in [1.29, 1.82) is 0 Å². The normalized spacial score (nSPS) is 10.9. The molecule has 0 radical (unpaired) electrons. The van der Waals surface area contributed by atoms with Crippen LogP contribution in [0.25, 0.3) is 22.6 Å². The summed E-state index contributed by atoms with van der Waals surface area (Å²) in [6, 6.07) is 5.96. The van der Waals surface area contributed by atoms with E-state index in [-0.39, 0.29) is 16.1 Å². The monoisotopic (exact) mass is 339 g/mol. The van der Waals surface area contributed by atoms with E-state index in [4.69, 9.17) is 23.2 Å². The van der Waals surface area contributed by atoms with Gasteiger partial charge >= 0.3 is 0 Å². The van der Waals surface area contributed by atoms with Crippen LogP contribution in [0.2, 0.25) is 10.3 Å². The smallest absolute Gasteiger partial charge is 0.181 e. The lowest BCUT2D eigenvalue weighted by Crippen LogP contribution is -1.95. The second kappa shape index (κ2) is 5.67. The van der Waals surface area contributed by atoms with Gasteiger partial charge in [0.2, 0.25) is 0 Å². The molecule has 0 aliphatic carbocycles. The largest absolute Gasteiger partial charge is 0.238 e. The quantitative estimate of drug-likeness (QED) is 0.615. The topological polar surface area (TPSA) is 38.7 Å². The van der Waals surface area contributed by atoms with Gasteiger partial charge in [0, 0.05) is 5.38 Å². The first kappa shape index (κ1) is 14.4. The Morgan fingerprint density at radius 3 is 2.38 bits per heavy atom. The summed E-state index contributed by atoms with van der Waals surface area (Å²) in [4.78, 5) is 12.7. The maximum Gasteiger partial charge on any atom is 0.181 e. The van der Waals surface area contributed by atoms with Crippen LogP contribution in [0, 0.1) is 12.7 Å². The first-order chi connectivity index (χ1) is 10.0. The van der Waals surface area contributed by atoms with Crippen molar-refractivity contribution >= 4 is 34.5 Å². The summed E-state index contributed by atoms with van der Waals surface area (Å²) >= 11 is 13.9. The summed E-state index contributed by atoms with van der Waals surface area (Å²) in [7, 11) is 0. The van der Waals surface area contributed by atoms with Crippen LogP contribution in [0.5, 0.6) is 0 Å². The number of aromatic nitrogens is 3. The second-order valence-electron chi connectivity index (χ2n) is 4.27. The molecule has 3 aromatic rings. The number of hydrogen-bond acceptors (Lipinski definition) is 4. The number of aryl methyl sites for hydroxylation is 1. The van der Waals surface area contributed by atoms with Gasteiger partial charge in [-0.15, -0.1) is 11.3 Å². The third kappa shape index (κ3) is 2.90. The Balaban J connectivity index is 2.12. The third-order valence-electron chi connectivity index (χ3n) is 2.78. The summed E-state index contributed by atoms with van der Waals surface area (Å²) < 4.78 is 13.3. The molecule has 0 N–H and O–H groups in total. The fourth-order valence-electron chi connectivity index (χ4n) is 1.87. The highest BCUT2D eigenvalue weighted by molar-refractivity contribution is 7.09. The van der Waals surface area contributed by atoms with Gasteiger partial charge in [0.1, 0.15) is 21.8 Å². The Hall–Kier alpha value is -1.56. The van der Waals surface area contributed by atoms with Gasteiger partial charge < -0.3 is 0 Å². The van der Waals surface area contributed by atoms with Crippen molar-refractivity contribution in [2.24, 2.45) is 0 Å². The average molecular weight is 340 g/mol. The molecule has 0 unspecified atom stereocenters. The molecule has 0 amide bonds. The minimum Gasteiger partial charge on any atom is -0.238 e. The fourth-order valence-corrected chi connectivity index (χ4v) is 3.07. The maximum atomic E-state index is 13.3. The molecular weight excluding hydrogens is 332 g/mol. The van der Waals surface area contributed by atoms with Crippen LogP contribution in [0.3, 0.4) is 0 Å². The van der Waals surface area contributed by atoms with Crippen molar-refractivity contribution in [2.75, 3.05) is 0 Å². The van der Waals surface area contributed by atoms with Gasteiger partial charge in [-0.05, 0) is 24.6 Å². The van der Waals surface area contributed by atoms with E-state index in [1.807, 2.05) is 12.3 Å². The molecule has 0 aliphatic rings. The number of halogens is 3. The number of benzene rings is 1. The van der Waals surface area contributed by atoms with E-state index < -0.39 is 0 Å². The molecule has 2 heterocycles. The molecule has 2 aromatic heterocycles. The van der Waals surface area contributed by atoms with Crippen molar-refractivity contribution in [1.82, 2.24) is 15.0 Å². The summed E-state index contributed by atoms with van der Waals surface area (Å²) in [5.74, 6) is -0.0201. The van der Waals surface area contributed by atoms with Gasteiger partial charge in [-0.2, -0.15) is 0 Å².